The Morgan fingerprint density at radius 1 is 1.15 bits per heavy atom. The molecule has 0 saturated carbocycles. The first-order chi connectivity index (χ1) is 13.1. The van der Waals surface area contributed by atoms with Gasteiger partial charge in [-0.3, -0.25) is 14.4 Å². The number of hydrogen-bond donors (Lipinski definition) is 3. The summed E-state index contributed by atoms with van der Waals surface area (Å²) in [6.07, 6.45) is 2.91. The van der Waals surface area contributed by atoms with Gasteiger partial charge in [-0.05, 0) is 37.1 Å². The van der Waals surface area contributed by atoms with Crippen LogP contribution in [0.15, 0.2) is 41.5 Å². The standard InChI is InChI=1S/C18H18N6O3/c25-16-4-3-14(22-23-16)18(27)24-7-5-12(6-8-24)21-17(26)11-1-2-13-15(9-11)20-10-19-13/h1-4,9-10,12H,5-8H2,(H,19,20)(H,21,26)(H,23,25). The number of hydrogen-bond acceptors (Lipinski definition) is 5. The average molecular weight is 366 g/mol. The molecule has 0 spiro atoms. The molecular formula is C18H18N6O3. The van der Waals surface area contributed by atoms with Gasteiger partial charge in [-0.1, -0.05) is 0 Å². The first-order valence-corrected chi connectivity index (χ1v) is 8.69. The Morgan fingerprint density at radius 2 is 1.96 bits per heavy atom. The topological polar surface area (TPSA) is 124 Å². The third-order valence-corrected chi connectivity index (χ3v) is 4.70. The summed E-state index contributed by atoms with van der Waals surface area (Å²) >= 11 is 0. The van der Waals surface area contributed by atoms with E-state index in [4.69, 9.17) is 0 Å². The van der Waals surface area contributed by atoms with Gasteiger partial charge in [0.25, 0.3) is 17.4 Å². The highest BCUT2D eigenvalue weighted by molar-refractivity contribution is 5.97. The van der Waals surface area contributed by atoms with E-state index < -0.39 is 0 Å². The molecule has 1 aliphatic heterocycles. The van der Waals surface area contributed by atoms with Gasteiger partial charge in [-0.15, -0.1) is 0 Å². The summed E-state index contributed by atoms with van der Waals surface area (Å²) in [5, 5.41) is 9.07. The van der Waals surface area contributed by atoms with E-state index in [1.165, 1.54) is 12.1 Å². The molecule has 2 amide bonds. The van der Waals surface area contributed by atoms with Crippen LogP contribution in [0.4, 0.5) is 0 Å². The molecule has 3 N–H and O–H groups in total. The second-order valence-electron chi connectivity index (χ2n) is 6.48. The molecule has 0 bridgehead atoms. The molecule has 3 heterocycles. The fraction of sp³-hybridized carbons (Fsp3) is 0.278. The normalized spacial score (nSPS) is 15.0. The molecule has 0 atom stereocenters. The Morgan fingerprint density at radius 3 is 2.70 bits per heavy atom. The predicted molar refractivity (Wildman–Crippen MR) is 97.3 cm³/mol. The van der Waals surface area contributed by atoms with Crippen molar-refractivity contribution < 1.29 is 9.59 Å². The number of carbonyl (C=O) groups is 2. The van der Waals surface area contributed by atoms with Crippen LogP contribution in [0.3, 0.4) is 0 Å². The molecule has 0 aliphatic carbocycles. The molecule has 9 heteroatoms. The minimum absolute atomic E-state index is 0.00236. The quantitative estimate of drug-likeness (QED) is 0.629. The lowest BCUT2D eigenvalue weighted by Crippen LogP contribution is -2.46. The highest BCUT2D eigenvalue weighted by atomic mass is 16.2. The van der Waals surface area contributed by atoms with E-state index in [0.29, 0.717) is 31.5 Å². The Bertz CT molecular complexity index is 1030. The average Bonchev–Trinajstić information content (AvgIpc) is 3.16. The van der Waals surface area contributed by atoms with Gasteiger partial charge in [-0.2, -0.15) is 5.10 Å². The maximum Gasteiger partial charge on any atom is 0.274 e. The zero-order valence-electron chi connectivity index (χ0n) is 14.4. The number of aromatic amines is 2. The van der Waals surface area contributed by atoms with Gasteiger partial charge >= 0.3 is 0 Å². The first-order valence-electron chi connectivity index (χ1n) is 8.69. The van der Waals surface area contributed by atoms with E-state index >= 15 is 0 Å². The molecule has 4 rings (SSSR count). The van der Waals surface area contributed by atoms with Crippen LogP contribution in [-0.4, -0.2) is 56.0 Å². The van der Waals surface area contributed by atoms with Crippen molar-refractivity contribution in [2.24, 2.45) is 0 Å². The second-order valence-corrected chi connectivity index (χ2v) is 6.48. The molecule has 2 aromatic heterocycles. The molecule has 1 saturated heterocycles. The van der Waals surface area contributed by atoms with Gasteiger partial charge in [0.05, 0.1) is 17.4 Å². The first kappa shape index (κ1) is 17.0. The van der Waals surface area contributed by atoms with Crippen LogP contribution in [0.2, 0.25) is 0 Å². The summed E-state index contributed by atoms with van der Waals surface area (Å²) in [6.45, 7) is 1.04. The smallest absolute Gasteiger partial charge is 0.274 e. The van der Waals surface area contributed by atoms with Crippen LogP contribution >= 0.6 is 0 Å². The lowest BCUT2D eigenvalue weighted by atomic mass is 10.0. The molecule has 0 unspecified atom stereocenters. The molecule has 1 aromatic carbocycles. The Labute approximate surface area is 153 Å². The number of aromatic nitrogens is 4. The van der Waals surface area contributed by atoms with E-state index in [1.54, 1.807) is 29.4 Å². The monoisotopic (exact) mass is 366 g/mol. The van der Waals surface area contributed by atoms with Crippen LogP contribution in [-0.2, 0) is 0 Å². The molecule has 9 nitrogen and oxygen atoms in total. The van der Waals surface area contributed by atoms with Gasteiger partial charge in [0, 0.05) is 30.8 Å². The zero-order chi connectivity index (χ0) is 18.8. The highest BCUT2D eigenvalue weighted by Crippen LogP contribution is 2.15. The van der Waals surface area contributed by atoms with E-state index in [9.17, 15) is 14.4 Å². The molecule has 27 heavy (non-hydrogen) atoms. The Hall–Kier alpha value is -3.49. The number of likely N-dealkylation sites (tertiary alicyclic amines) is 1. The van der Waals surface area contributed by atoms with Gasteiger partial charge in [0.2, 0.25) is 0 Å². The van der Waals surface area contributed by atoms with E-state index in [-0.39, 0.29) is 29.1 Å². The SMILES string of the molecule is O=C(NC1CCN(C(=O)c2ccc(=O)[nH]n2)CC1)c1ccc2nc[nH]c2c1. The number of benzene rings is 1. The molecule has 1 aliphatic rings. The maximum absolute atomic E-state index is 12.5. The summed E-state index contributed by atoms with van der Waals surface area (Å²) in [7, 11) is 0. The molecule has 1 fully saturated rings. The number of nitrogens with one attached hydrogen (secondary N) is 3. The number of fused-ring (bicyclic) bond motifs is 1. The van der Waals surface area contributed by atoms with Gasteiger partial charge < -0.3 is 15.2 Å². The molecular weight excluding hydrogens is 348 g/mol. The Kier molecular flexibility index (Phi) is 4.41. The summed E-state index contributed by atoms with van der Waals surface area (Å²) < 4.78 is 0. The molecule has 3 aromatic rings. The van der Waals surface area contributed by atoms with Crippen molar-refractivity contribution in [1.29, 1.82) is 0 Å². The number of imidazole rings is 1. The predicted octanol–water partition coefficient (Wildman–Crippen LogP) is 0.681. The summed E-state index contributed by atoms with van der Waals surface area (Å²) in [5.74, 6) is -0.362. The van der Waals surface area contributed by atoms with Gasteiger partial charge in [-0.25, -0.2) is 10.1 Å². The van der Waals surface area contributed by atoms with Crippen LogP contribution in [0.25, 0.3) is 11.0 Å². The third kappa shape index (κ3) is 3.57. The van der Waals surface area contributed by atoms with Crippen LogP contribution in [0.5, 0.6) is 0 Å². The number of rotatable bonds is 3. The fourth-order valence-electron chi connectivity index (χ4n) is 3.20. The van der Waals surface area contributed by atoms with Crippen LogP contribution in [0.1, 0.15) is 33.7 Å². The van der Waals surface area contributed by atoms with E-state index in [1.807, 2.05) is 0 Å². The van der Waals surface area contributed by atoms with Gasteiger partial charge in [0.1, 0.15) is 5.69 Å². The summed E-state index contributed by atoms with van der Waals surface area (Å²) in [4.78, 5) is 44.7. The van der Waals surface area contributed by atoms with Crippen molar-refractivity contribution >= 4 is 22.8 Å². The fourth-order valence-corrected chi connectivity index (χ4v) is 3.20. The van der Waals surface area contributed by atoms with Crippen molar-refractivity contribution in [1.82, 2.24) is 30.4 Å². The highest BCUT2D eigenvalue weighted by Gasteiger charge is 2.25. The number of piperidine rings is 1. The van der Waals surface area contributed by atoms with Crippen molar-refractivity contribution in [2.45, 2.75) is 18.9 Å². The molecule has 0 radical (unpaired) electrons. The third-order valence-electron chi connectivity index (χ3n) is 4.70. The zero-order valence-corrected chi connectivity index (χ0v) is 14.4. The Balaban J connectivity index is 1.34. The van der Waals surface area contributed by atoms with Crippen molar-refractivity contribution in [2.75, 3.05) is 13.1 Å². The van der Waals surface area contributed by atoms with Crippen LogP contribution < -0.4 is 10.9 Å². The minimum Gasteiger partial charge on any atom is -0.349 e. The lowest BCUT2D eigenvalue weighted by molar-refractivity contribution is 0.0691. The second kappa shape index (κ2) is 7.02. The van der Waals surface area contributed by atoms with Crippen molar-refractivity contribution in [3.05, 3.63) is 58.3 Å². The minimum atomic E-state index is -0.346. The van der Waals surface area contributed by atoms with Gasteiger partial charge in [0.15, 0.2) is 0 Å². The number of amides is 2. The number of H-pyrrole nitrogens is 2. The van der Waals surface area contributed by atoms with Crippen molar-refractivity contribution in [3.63, 3.8) is 0 Å². The van der Waals surface area contributed by atoms with E-state index in [2.05, 4.69) is 25.5 Å². The number of nitrogens with zero attached hydrogens (tertiary/aromatic N) is 3. The number of carbonyl (C=O) groups excluding carboxylic acids is 2. The largest absolute Gasteiger partial charge is 0.349 e. The van der Waals surface area contributed by atoms with Crippen LogP contribution in [0, 0.1) is 0 Å². The maximum atomic E-state index is 12.5. The van der Waals surface area contributed by atoms with Crippen molar-refractivity contribution in [3.8, 4) is 0 Å². The summed E-state index contributed by atoms with van der Waals surface area (Å²) in [5.41, 5.74) is 2.07. The summed E-state index contributed by atoms with van der Waals surface area (Å²) in [6, 6.07) is 8.03. The molecule has 138 valence electrons. The van der Waals surface area contributed by atoms with E-state index in [0.717, 1.165) is 11.0 Å². The lowest BCUT2D eigenvalue weighted by Gasteiger charge is -2.32.